The van der Waals surface area contributed by atoms with Gasteiger partial charge < -0.3 is 14.5 Å². The number of ether oxygens (including phenoxy) is 1. The van der Waals surface area contributed by atoms with Crippen LogP contribution in [-0.4, -0.2) is 18.7 Å². The highest BCUT2D eigenvalue weighted by molar-refractivity contribution is 5.40. The SMILES string of the molecule is Cc1ccc2c(c1)CC(CNC(C)Cc1ccco1)O2. The molecule has 1 aromatic heterocycles. The molecule has 0 saturated heterocycles. The summed E-state index contributed by atoms with van der Waals surface area (Å²) in [6, 6.07) is 10.7. The van der Waals surface area contributed by atoms with Crippen LogP contribution in [0.3, 0.4) is 0 Å². The molecule has 2 atom stereocenters. The number of rotatable bonds is 5. The summed E-state index contributed by atoms with van der Waals surface area (Å²) >= 11 is 0. The van der Waals surface area contributed by atoms with Gasteiger partial charge in [0.25, 0.3) is 0 Å². The lowest BCUT2D eigenvalue weighted by molar-refractivity contribution is 0.221. The summed E-state index contributed by atoms with van der Waals surface area (Å²) in [5, 5.41) is 3.53. The Morgan fingerprint density at radius 3 is 3.05 bits per heavy atom. The van der Waals surface area contributed by atoms with Crippen molar-refractivity contribution in [2.45, 2.75) is 38.8 Å². The van der Waals surface area contributed by atoms with Gasteiger partial charge in [-0.15, -0.1) is 0 Å². The summed E-state index contributed by atoms with van der Waals surface area (Å²) in [7, 11) is 0. The van der Waals surface area contributed by atoms with Gasteiger partial charge in [-0.25, -0.2) is 0 Å². The van der Waals surface area contributed by atoms with E-state index in [0.717, 1.165) is 30.9 Å². The number of fused-ring (bicyclic) bond motifs is 1. The van der Waals surface area contributed by atoms with Gasteiger partial charge in [0.1, 0.15) is 17.6 Å². The van der Waals surface area contributed by atoms with E-state index in [1.54, 1.807) is 6.26 Å². The fraction of sp³-hybridized carbons (Fsp3) is 0.412. The zero-order valence-corrected chi connectivity index (χ0v) is 12.1. The molecule has 106 valence electrons. The predicted octanol–water partition coefficient (Wildman–Crippen LogP) is 3.11. The van der Waals surface area contributed by atoms with Crippen molar-refractivity contribution in [1.29, 1.82) is 0 Å². The first-order valence-corrected chi connectivity index (χ1v) is 7.22. The average Bonchev–Trinajstić information content (AvgIpc) is 3.04. The normalized spacial score (nSPS) is 18.6. The van der Waals surface area contributed by atoms with Gasteiger partial charge in [-0.3, -0.25) is 0 Å². The summed E-state index contributed by atoms with van der Waals surface area (Å²) in [5.41, 5.74) is 2.63. The second-order valence-corrected chi connectivity index (χ2v) is 5.65. The first-order chi connectivity index (χ1) is 9.70. The Balaban J connectivity index is 1.48. The molecule has 1 aromatic carbocycles. The van der Waals surface area contributed by atoms with Crippen molar-refractivity contribution in [3.63, 3.8) is 0 Å². The molecule has 1 aliphatic heterocycles. The summed E-state index contributed by atoms with van der Waals surface area (Å²) in [6.45, 7) is 5.17. The summed E-state index contributed by atoms with van der Waals surface area (Å²) in [5.74, 6) is 2.07. The first kappa shape index (κ1) is 13.3. The Bertz CT molecular complexity index is 562. The van der Waals surface area contributed by atoms with Crippen LogP contribution in [0, 0.1) is 6.92 Å². The summed E-state index contributed by atoms with van der Waals surface area (Å²) < 4.78 is 11.3. The van der Waals surface area contributed by atoms with Crippen LogP contribution in [0.4, 0.5) is 0 Å². The third-order valence-corrected chi connectivity index (χ3v) is 3.74. The maximum absolute atomic E-state index is 5.96. The smallest absolute Gasteiger partial charge is 0.123 e. The fourth-order valence-electron chi connectivity index (χ4n) is 2.70. The molecule has 1 aliphatic rings. The maximum Gasteiger partial charge on any atom is 0.123 e. The molecular formula is C17H21NO2. The van der Waals surface area contributed by atoms with E-state index < -0.39 is 0 Å². The summed E-state index contributed by atoms with van der Waals surface area (Å²) in [4.78, 5) is 0. The van der Waals surface area contributed by atoms with Crippen molar-refractivity contribution < 1.29 is 9.15 Å². The molecule has 0 spiro atoms. The second-order valence-electron chi connectivity index (χ2n) is 5.65. The van der Waals surface area contributed by atoms with Crippen molar-refractivity contribution in [2.24, 2.45) is 0 Å². The van der Waals surface area contributed by atoms with Crippen molar-refractivity contribution in [1.82, 2.24) is 5.32 Å². The Hall–Kier alpha value is -1.74. The largest absolute Gasteiger partial charge is 0.488 e. The molecule has 0 bridgehead atoms. The standard InChI is InChI=1S/C17H21NO2/c1-12-5-6-17-14(8-12)10-16(20-17)11-18-13(2)9-15-4-3-7-19-15/h3-8,13,16,18H,9-11H2,1-2H3. The van der Waals surface area contributed by atoms with Crippen molar-refractivity contribution in [3.05, 3.63) is 53.5 Å². The van der Waals surface area contributed by atoms with Crippen LogP contribution in [0.25, 0.3) is 0 Å². The number of hydrogen-bond acceptors (Lipinski definition) is 3. The second kappa shape index (κ2) is 5.71. The van der Waals surface area contributed by atoms with Crippen LogP contribution in [0.1, 0.15) is 23.8 Å². The topological polar surface area (TPSA) is 34.4 Å². The van der Waals surface area contributed by atoms with E-state index in [1.165, 1.54) is 11.1 Å². The molecule has 1 N–H and O–H groups in total. The third-order valence-electron chi connectivity index (χ3n) is 3.74. The average molecular weight is 271 g/mol. The zero-order valence-electron chi connectivity index (χ0n) is 12.1. The molecule has 0 saturated carbocycles. The van der Waals surface area contributed by atoms with Gasteiger partial charge in [0, 0.05) is 25.4 Å². The minimum absolute atomic E-state index is 0.242. The van der Waals surface area contributed by atoms with Crippen LogP contribution in [0.2, 0.25) is 0 Å². The van der Waals surface area contributed by atoms with E-state index >= 15 is 0 Å². The Morgan fingerprint density at radius 1 is 1.35 bits per heavy atom. The molecule has 0 aliphatic carbocycles. The lowest BCUT2D eigenvalue weighted by atomic mass is 10.1. The highest BCUT2D eigenvalue weighted by Gasteiger charge is 2.23. The van der Waals surface area contributed by atoms with Gasteiger partial charge in [0.15, 0.2) is 0 Å². The minimum Gasteiger partial charge on any atom is -0.488 e. The lowest BCUT2D eigenvalue weighted by Gasteiger charge is -2.16. The number of furan rings is 1. The number of aryl methyl sites for hydroxylation is 1. The van der Waals surface area contributed by atoms with E-state index in [1.807, 2.05) is 12.1 Å². The highest BCUT2D eigenvalue weighted by Crippen LogP contribution is 2.29. The Labute approximate surface area is 119 Å². The van der Waals surface area contributed by atoms with Crippen LogP contribution in [0.15, 0.2) is 41.0 Å². The summed E-state index contributed by atoms with van der Waals surface area (Å²) in [6.07, 6.45) is 3.87. The van der Waals surface area contributed by atoms with Gasteiger partial charge in [-0.2, -0.15) is 0 Å². The zero-order chi connectivity index (χ0) is 13.9. The third kappa shape index (κ3) is 3.05. The molecule has 3 rings (SSSR count). The Morgan fingerprint density at radius 2 is 2.25 bits per heavy atom. The van der Waals surface area contributed by atoms with E-state index in [0.29, 0.717) is 6.04 Å². The highest BCUT2D eigenvalue weighted by atomic mass is 16.5. The molecule has 3 nitrogen and oxygen atoms in total. The number of benzene rings is 1. The van der Waals surface area contributed by atoms with Gasteiger partial charge in [0.05, 0.1) is 6.26 Å². The minimum atomic E-state index is 0.242. The van der Waals surface area contributed by atoms with Crippen LogP contribution in [0.5, 0.6) is 5.75 Å². The molecule has 0 radical (unpaired) electrons. The number of nitrogens with one attached hydrogen (secondary N) is 1. The van der Waals surface area contributed by atoms with Crippen molar-refractivity contribution in [3.8, 4) is 5.75 Å². The van der Waals surface area contributed by atoms with Crippen molar-refractivity contribution in [2.75, 3.05) is 6.54 Å². The molecule has 2 unspecified atom stereocenters. The van der Waals surface area contributed by atoms with Gasteiger partial charge in [-0.05, 0) is 37.6 Å². The molecule has 2 heterocycles. The van der Waals surface area contributed by atoms with Gasteiger partial charge >= 0.3 is 0 Å². The van der Waals surface area contributed by atoms with E-state index in [9.17, 15) is 0 Å². The number of hydrogen-bond donors (Lipinski definition) is 1. The van der Waals surface area contributed by atoms with Crippen LogP contribution in [-0.2, 0) is 12.8 Å². The Kier molecular flexibility index (Phi) is 3.79. The van der Waals surface area contributed by atoms with Crippen molar-refractivity contribution >= 4 is 0 Å². The molecule has 2 aromatic rings. The molecular weight excluding hydrogens is 250 g/mol. The predicted molar refractivity (Wildman–Crippen MR) is 79.2 cm³/mol. The van der Waals surface area contributed by atoms with E-state index in [4.69, 9.17) is 9.15 Å². The van der Waals surface area contributed by atoms with Crippen LogP contribution < -0.4 is 10.1 Å². The quantitative estimate of drug-likeness (QED) is 0.907. The molecule has 0 fully saturated rings. The maximum atomic E-state index is 5.96. The lowest BCUT2D eigenvalue weighted by Crippen LogP contribution is -2.36. The van der Waals surface area contributed by atoms with Gasteiger partial charge in [0.2, 0.25) is 0 Å². The molecule has 3 heteroatoms. The fourth-order valence-corrected chi connectivity index (χ4v) is 2.70. The van der Waals surface area contributed by atoms with Crippen LogP contribution >= 0.6 is 0 Å². The molecule has 0 amide bonds. The monoisotopic (exact) mass is 271 g/mol. The van der Waals surface area contributed by atoms with E-state index in [-0.39, 0.29) is 6.10 Å². The molecule has 20 heavy (non-hydrogen) atoms. The van der Waals surface area contributed by atoms with Gasteiger partial charge in [-0.1, -0.05) is 17.7 Å². The van der Waals surface area contributed by atoms with E-state index in [2.05, 4.69) is 37.4 Å². The first-order valence-electron chi connectivity index (χ1n) is 7.22.